The Morgan fingerprint density at radius 2 is 1.78 bits per heavy atom. The van der Waals surface area contributed by atoms with E-state index in [0.29, 0.717) is 30.5 Å². The number of pyridine rings is 1. The molecule has 2 aromatic heterocycles. The summed E-state index contributed by atoms with van der Waals surface area (Å²) in [5.74, 6) is 1.41. The Morgan fingerprint density at radius 3 is 2.52 bits per heavy atom. The van der Waals surface area contributed by atoms with Crippen LogP contribution in [0, 0.1) is 0 Å². The number of aromatic nitrogens is 3. The molecule has 8 nitrogen and oxygen atoms in total. The number of amides is 1. The van der Waals surface area contributed by atoms with E-state index < -0.39 is 0 Å². The molecule has 0 spiro atoms. The number of piperazine rings is 1. The molecule has 1 amide bonds. The summed E-state index contributed by atoms with van der Waals surface area (Å²) in [6, 6.07) is 5.63. The fourth-order valence-electron chi connectivity index (χ4n) is 3.65. The minimum atomic E-state index is 0.278. The lowest BCUT2D eigenvalue weighted by atomic mass is 10.1. The zero-order chi connectivity index (χ0) is 18.5. The van der Waals surface area contributed by atoms with Crippen molar-refractivity contribution < 1.29 is 9.32 Å². The summed E-state index contributed by atoms with van der Waals surface area (Å²) in [4.78, 5) is 27.7. The monoisotopic (exact) mass is 370 g/mol. The van der Waals surface area contributed by atoms with Gasteiger partial charge >= 0.3 is 0 Å². The minimum Gasteiger partial charge on any atom is -0.342 e. The van der Waals surface area contributed by atoms with Crippen molar-refractivity contribution in [3.8, 4) is 11.5 Å². The lowest BCUT2D eigenvalue weighted by Crippen LogP contribution is -2.50. The molecule has 0 atom stereocenters. The average molecular weight is 370 g/mol. The molecule has 0 radical (unpaired) electrons. The first-order valence-electron chi connectivity index (χ1n) is 9.74. The second-order valence-electron chi connectivity index (χ2n) is 7.22. The summed E-state index contributed by atoms with van der Waals surface area (Å²) in [6.45, 7) is 6.60. The Labute approximate surface area is 159 Å². The van der Waals surface area contributed by atoms with E-state index in [1.165, 1.54) is 6.42 Å². The summed E-state index contributed by atoms with van der Waals surface area (Å²) in [5.41, 5.74) is 0.716. The number of likely N-dealkylation sites (tertiary alicyclic amines) is 1. The fourth-order valence-corrected chi connectivity index (χ4v) is 3.65. The smallest absolute Gasteiger partial charge is 0.241 e. The van der Waals surface area contributed by atoms with Gasteiger partial charge in [0.2, 0.25) is 17.6 Å². The Morgan fingerprint density at radius 1 is 1.00 bits per heavy atom. The highest BCUT2D eigenvalue weighted by molar-refractivity contribution is 5.78. The van der Waals surface area contributed by atoms with Crippen LogP contribution in [0.3, 0.4) is 0 Å². The Bertz CT molecular complexity index is 736. The van der Waals surface area contributed by atoms with Crippen molar-refractivity contribution in [3.05, 3.63) is 30.3 Å². The zero-order valence-electron chi connectivity index (χ0n) is 15.6. The number of hydrogen-bond donors (Lipinski definition) is 0. The van der Waals surface area contributed by atoms with Crippen molar-refractivity contribution in [1.29, 1.82) is 0 Å². The van der Waals surface area contributed by atoms with Gasteiger partial charge in [0.1, 0.15) is 5.69 Å². The van der Waals surface area contributed by atoms with Gasteiger partial charge in [0.25, 0.3) is 0 Å². The van der Waals surface area contributed by atoms with Gasteiger partial charge in [-0.15, -0.1) is 0 Å². The predicted molar refractivity (Wildman–Crippen MR) is 99.7 cm³/mol. The van der Waals surface area contributed by atoms with E-state index in [1.54, 1.807) is 6.20 Å². The van der Waals surface area contributed by atoms with Gasteiger partial charge < -0.3 is 9.42 Å². The van der Waals surface area contributed by atoms with Crippen molar-refractivity contribution >= 4 is 5.91 Å². The van der Waals surface area contributed by atoms with Crippen molar-refractivity contribution in [3.63, 3.8) is 0 Å². The first-order chi connectivity index (χ1) is 13.3. The third kappa shape index (κ3) is 4.70. The van der Waals surface area contributed by atoms with Crippen molar-refractivity contribution in [2.45, 2.75) is 25.8 Å². The van der Waals surface area contributed by atoms with Crippen molar-refractivity contribution in [2.24, 2.45) is 0 Å². The van der Waals surface area contributed by atoms with Gasteiger partial charge in [0.05, 0.1) is 13.1 Å². The summed E-state index contributed by atoms with van der Waals surface area (Å²) >= 11 is 0. The van der Waals surface area contributed by atoms with Crippen LogP contribution in [-0.2, 0) is 11.3 Å². The van der Waals surface area contributed by atoms with Crippen LogP contribution in [-0.4, -0.2) is 81.5 Å². The highest BCUT2D eigenvalue weighted by Crippen LogP contribution is 2.14. The van der Waals surface area contributed by atoms with Gasteiger partial charge in [-0.05, 0) is 31.4 Å². The molecule has 2 aromatic rings. The first kappa shape index (κ1) is 18.1. The van der Waals surface area contributed by atoms with E-state index in [2.05, 4.69) is 24.9 Å². The molecule has 2 fully saturated rings. The third-order valence-electron chi connectivity index (χ3n) is 5.25. The molecule has 0 N–H and O–H groups in total. The molecule has 2 aliphatic rings. The van der Waals surface area contributed by atoms with E-state index in [1.807, 2.05) is 23.1 Å². The quantitative estimate of drug-likeness (QED) is 0.784. The van der Waals surface area contributed by atoms with Gasteiger partial charge in [0.15, 0.2) is 0 Å². The van der Waals surface area contributed by atoms with Crippen LogP contribution in [0.1, 0.15) is 25.2 Å². The number of rotatable bonds is 5. The Balaban J connectivity index is 1.24. The number of carbonyl (C=O) groups excluding carboxylic acids is 1. The second kappa shape index (κ2) is 8.58. The molecule has 2 aliphatic heterocycles. The molecule has 8 heteroatoms. The lowest BCUT2D eigenvalue weighted by molar-refractivity contribution is -0.133. The minimum absolute atomic E-state index is 0.278. The summed E-state index contributed by atoms with van der Waals surface area (Å²) in [6.07, 6.45) is 5.25. The topological polar surface area (TPSA) is 78.6 Å². The van der Waals surface area contributed by atoms with Crippen LogP contribution < -0.4 is 0 Å². The number of nitrogens with zero attached hydrogens (tertiary/aromatic N) is 6. The van der Waals surface area contributed by atoms with Crippen molar-refractivity contribution in [1.82, 2.24) is 29.8 Å². The number of carbonyl (C=O) groups is 1. The maximum atomic E-state index is 12.4. The fraction of sp³-hybridized carbons (Fsp3) is 0.579. The van der Waals surface area contributed by atoms with Gasteiger partial charge in [-0.2, -0.15) is 4.98 Å². The van der Waals surface area contributed by atoms with Gasteiger partial charge in [-0.1, -0.05) is 11.2 Å². The third-order valence-corrected chi connectivity index (χ3v) is 5.25. The molecule has 0 aliphatic carbocycles. The van der Waals surface area contributed by atoms with Crippen LogP contribution in [0.2, 0.25) is 0 Å². The summed E-state index contributed by atoms with van der Waals surface area (Å²) in [7, 11) is 0. The van der Waals surface area contributed by atoms with Crippen LogP contribution >= 0.6 is 0 Å². The molecule has 0 aromatic carbocycles. The first-order valence-corrected chi connectivity index (χ1v) is 9.74. The van der Waals surface area contributed by atoms with E-state index in [0.717, 1.165) is 52.1 Å². The van der Waals surface area contributed by atoms with Crippen LogP contribution in [0.15, 0.2) is 28.9 Å². The van der Waals surface area contributed by atoms with Gasteiger partial charge in [-0.25, -0.2) is 0 Å². The van der Waals surface area contributed by atoms with E-state index in [9.17, 15) is 4.79 Å². The SMILES string of the molecule is O=C(CN1CCN(Cc2nc(-c3ccccn3)no2)CC1)N1CCCCC1. The molecule has 2 saturated heterocycles. The molecular formula is C19H26N6O2. The second-order valence-corrected chi connectivity index (χ2v) is 7.22. The molecule has 0 unspecified atom stereocenters. The molecule has 4 rings (SSSR count). The molecule has 144 valence electrons. The maximum Gasteiger partial charge on any atom is 0.241 e. The molecule has 0 bridgehead atoms. The largest absolute Gasteiger partial charge is 0.342 e. The van der Waals surface area contributed by atoms with Crippen molar-refractivity contribution in [2.75, 3.05) is 45.8 Å². The average Bonchev–Trinajstić information content (AvgIpc) is 3.19. The Kier molecular flexibility index (Phi) is 5.74. The zero-order valence-corrected chi connectivity index (χ0v) is 15.6. The van der Waals surface area contributed by atoms with E-state index in [4.69, 9.17) is 4.52 Å². The highest BCUT2D eigenvalue weighted by Gasteiger charge is 2.23. The maximum absolute atomic E-state index is 12.4. The van der Waals surface area contributed by atoms with Gasteiger partial charge in [-0.3, -0.25) is 19.6 Å². The normalized spacial score (nSPS) is 19.3. The van der Waals surface area contributed by atoms with Crippen LogP contribution in [0.25, 0.3) is 11.5 Å². The lowest BCUT2D eigenvalue weighted by Gasteiger charge is -2.35. The molecular weight excluding hydrogens is 344 g/mol. The number of piperidine rings is 1. The van der Waals surface area contributed by atoms with Gasteiger partial charge in [0, 0.05) is 45.5 Å². The molecule has 4 heterocycles. The molecule has 27 heavy (non-hydrogen) atoms. The highest BCUT2D eigenvalue weighted by atomic mass is 16.5. The van der Waals surface area contributed by atoms with E-state index in [-0.39, 0.29) is 5.91 Å². The summed E-state index contributed by atoms with van der Waals surface area (Å²) < 4.78 is 5.38. The predicted octanol–water partition coefficient (Wildman–Crippen LogP) is 1.26. The summed E-state index contributed by atoms with van der Waals surface area (Å²) in [5, 5.41) is 4.02. The van der Waals surface area contributed by atoms with Crippen LogP contribution in [0.5, 0.6) is 0 Å². The number of hydrogen-bond acceptors (Lipinski definition) is 7. The van der Waals surface area contributed by atoms with Crippen LogP contribution in [0.4, 0.5) is 0 Å². The van der Waals surface area contributed by atoms with E-state index >= 15 is 0 Å². The Hall–Kier alpha value is -2.32. The standard InChI is InChI=1S/C19H26N6O2/c26-18(25-8-4-1-5-9-25)15-24-12-10-23(11-13-24)14-17-21-19(22-27-17)16-6-2-3-7-20-16/h2-3,6-7H,1,4-5,8-15H2. The molecule has 0 saturated carbocycles.